The van der Waals surface area contributed by atoms with Crippen molar-refractivity contribution in [2.75, 3.05) is 17.8 Å². The minimum absolute atomic E-state index is 0.0653. The van der Waals surface area contributed by atoms with Gasteiger partial charge in [-0.1, -0.05) is 39.0 Å². The molecular formula is C29H38N4O4S2. The van der Waals surface area contributed by atoms with Crippen molar-refractivity contribution in [3.8, 4) is 0 Å². The predicted molar refractivity (Wildman–Crippen MR) is 154 cm³/mol. The molecule has 0 spiro atoms. The molecular weight excluding hydrogens is 532 g/mol. The van der Waals surface area contributed by atoms with Crippen LogP contribution in [0.2, 0.25) is 0 Å². The molecule has 0 saturated heterocycles. The zero-order valence-electron chi connectivity index (χ0n) is 23.2. The molecule has 0 unspecified atom stereocenters. The molecule has 2 heterocycles. The maximum Gasteiger partial charge on any atom is 0.265 e. The van der Waals surface area contributed by atoms with Crippen LogP contribution in [0.4, 0.5) is 5.13 Å². The minimum atomic E-state index is -3.91. The van der Waals surface area contributed by atoms with Crippen LogP contribution in [0.25, 0.3) is 10.9 Å². The summed E-state index contributed by atoms with van der Waals surface area (Å²) in [5.41, 5.74) is 1.12. The molecule has 2 aliphatic carbocycles. The number of hydrogen-bond donors (Lipinski definition) is 2. The van der Waals surface area contributed by atoms with Crippen molar-refractivity contribution in [2.24, 2.45) is 23.2 Å². The number of aliphatic hydroxyl groups excluding tert-OH is 1. The van der Waals surface area contributed by atoms with Gasteiger partial charge in [0.2, 0.25) is 5.91 Å². The maximum absolute atomic E-state index is 13.4. The lowest BCUT2D eigenvalue weighted by Gasteiger charge is -2.53. The van der Waals surface area contributed by atoms with E-state index in [-0.39, 0.29) is 39.9 Å². The fourth-order valence-electron chi connectivity index (χ4n) is 7.06. The molecule has 3 aromatic rings. The maximum atomic E-state index is 13.4. The molecule has 210 valence electrons. The van der Waals surface area contributed by atoms with Gasteiger partial charge < -0.3 is 10.0 Å². The lowest BCUT2D eigenvalue weighted by atomic mass is 9.53. The average Bonchev–Trinajstić information content (AvgIpc) is 3.29. The van der Waals surface area contributed by atoms with E-state index in [0.29, 0.717) is 23.7 Å². The molecule has 0 aliphatic heterocycles. The number of amides is 1. The highest BCUT2D eigenvalue weighted by Crippen LogP contribution is 2.57. The van der Waals surface area contributed by atoms with Gasteiger partial charge in [0.15, 0.2) is 5.13 Å². The average molecular weight is 571 g/mol. The molecule has 2 N–H and O–H groups in total. The van der Waals surface area contributed by atoms with Gasteiger partial charge in [-0.15, -0.1) is 11.3 Å². The van der Waals surface area contributed by atoms with E-state index in [1.165, 1.54) is 11.3 Å². The topological polar surface area (TPSA) is 112 Å². The third-order valence-electron chi connectivity index (χ3n) is 9.14. The summed E-state index contributed by atoms with van der Waals surface area (Å²) in [6, 6.07) is 8.72. The summed E-state index contributed by atoms with van der Waals surface area (Å²) in [7, 11) is -3.91. The molecule has 2 aliphatic rings. The third kappa shape index (κ3) is 4.85. The number of carbonyl (C=O) groups is 1. The first-order valence-corrected chi connectivity index (χ1v) is 16.1. The molecule has 1 amide bonds. The van der Waals surface area contributed by atoms with E-state index in [4.69, 9.17) is 4.98 Å². The van der Waals surface area contributed by atoms with Crippen molar-refractivity contribution in [3.05, 3.63) is 47.1 Å². The number of nitrogens with zero attached hydrogens (tertiary/aromatic N) is 3. The largest absolute Gasteiger partial charge is 0.392 e. The molecule has 8 nitrogen and oxygen atoms in total. The molecule has 1 saturated carbocycles. The number of hydrogen-bond acceptors (Lipinski definition) is 7. The number of carbonyl (C=O) groups excluding carboxylic acids is 1. The zero-order valence-corrected chi connectivity index (χ0v) is 24.8. The Morgan fingerprint density at radius 3 is 2.69 bits per heavy atom. The molecule has 6 atom stereocenters. The Balaban J connectivity index is 1.41. The molecule has 1 fully saturated rings. The van der Waals surface area contributed by atoms with Gasteiger partial charge in [0.25, 0.3) is 10.0 Å². The van der Waals surface area contributed by atoms with Crippen molar-refractivity contribution in [2.45, 2.75) is 70.8 Å². The summed E-state index contributed by atoms with van der Waals surface area (Å²) in [4.78, 5) is 25.2. The SMILES string of the molecule is CCN(CC)C(=O)[C@@H](C)[C@@H]1CC[C@@]2(C)Cc3sc(NS(=O)(=O)c4cccc5cccnc45)nc3[C@@H](C)[C@@H]2[C@H]1O. The van der Waals surface area contributed by atoms with Crippen molar-refractivity contribution >= 4 is 43.3 Å². The standard InChI is InChI=1S/C29H38N4O4S2/c1-6-33(7-2)27(35)17(3)20-13-14-29(5)16-21-24(18(4)23(29)26(20)34)31-28(38-21)32-39(36,37)22-12-8-10-19-11-9-15-30-25(19)22/h8-12,15,17-18,20,23,26,34H,6-7,13-14,16H2,1-5H3,(H,31,32)/t17-,18-,20-,23+,26-,29-/m0/s1. The van der Waals surface area contributed by atoms with E-state index in [9.17, 15) is 18.3 Å². The molecule has 10 heteroatoms. The number of para-hydroxylation sites is 1. The van der Waals surface area contributed by atoms with Gasteiger partial charge >= 0.3 is 0 Å². The Bertz CT molecular complexity index is 1480. The first kappa shape index (κ1) is 28.0. The van der Waals surface area contributed by atoms with Crippen molar-refractivity contribution in [3.63, 3.8) is 0 Å². The van der Waals surface area contributed by atoms with Crippen molar-refractivity contribution in [1.29, 1.82) is 0 Å². The fourth-order valence-corrected chi connectivity index (χ4v) is 9.74. The van der Waals surface area contributed by atoms with Gasteiger partial charge in [0.05, 0.1) is 17.3 Å². The molecule has 2 aromatic heterocycles. The number of aromatic nitrogens is 2. The van der Waals surface area contributed by atoms with Crippen LogP contribution >= 0.6 is 11.3 Å². The van der Waals surface area contributed by atoms with Gasteiger partial charge in [-0.3, -0.25) is 14.5 Å². The minimum Gasteiger partial charge on any atom is -0.392 e. The van der Waals surface area contributed by atoms with Crippen LogP contribution in [0, 0.1) is 23.2 Å². The number of anilines is 1. The lowest BCUT2D eigenvalue weighted by Crippen LogP contribution is -2.53. The second-order valence-corrected chi connectivity index (χ2v) is 14.1. The van der Waals surface area contributed by atoms with Crippen molar-refractivity contribution in [1.82, 2.24) is 14.9 Å². The molecule has 1 aromatic carbocycles. The molecule has 39 heavy (non-hydrogen) atoms. The lowest BCUT2D eigenvalue weighted by molar-refractivity contribution is -0.144. The van der Waals surface area contributed by atoms with E-state index < -0.39 is 16.1 Å². The molecule has 0 bridgehead atoms. The Morgan fingerprint density at radius 1 is 1.26 bits per heavy atom. The van der Waals surface area contributed by atoms with E-state index in [0.717, 1.165) is 35.2 Å². The smallest absolute Gasteiger partial charge is 0.265 e. The number of nitrogens with one attached hydrogen (secondary N) is 1. The monoisotopic (exact) mass is 570 g/mol. The third-order valence-corrected chi connectivity index (χ3v) is 11.6. The van der Waals surface area contributed by atoms with Crippen LogP contribution in [-0.4, -0.2) is 53.5 Å². The number of pyridine rings is 1. The first-order chi connectivity index (χ1) is 18.5. The fraction of sp³-hybridized carbons (Fsp3) is 0.552. The predicted octanol–water partition coefficient (Wildman–Crippen LogP) is 5.05. The summed E-state index contributed by atoms with van der Waals surface area (Å²) in [5.74, 6) is -0.406. The van der Waals surface area contributed by atoms with Gasteiger partial charge in [-0.05, 0) is 62.5 Å². The number of rotatable bonds is 7. The van der Waals surface area contributed by atoms with Gasteiger partial charge in [-0.2, -0.15) is 0 Å². The molecule has 5 rings (SSSR count). The quantitative estimate of drug-likeness (QED) is 0.411. The summed E-state index contributed by atoms with van der Waals surface area (Å²) in [6.07, 6.45) is 3.37. The number of fused-ring (bicyclic) bond motifs is 3. The van der Waals surface area contributed by atoms with Gasteiger partial charge in [-0.25, -0.2) is 13.4 Å². The highest BCUT2D eigenvalue weighted by atomic mass is 32.2. The summed E-state index contributed by atoms with van der Waals surface area (Å²) < 4.78 is 29.5. The van der Waals surface area contributed by atoms with Crippen LogP contribution in [0.3, 0.4) is 0 Å². The molecule has 0 radical (unpaired) electrons. The van der Waals surface area contributed by atoms with Crippen LogP contribution in [0.15, 0.2) is 41.4 Å². The van der Waals surface area contributed by atoms with Crippen LogP contribution in [0.5, 0.6) is 0 Å². The van der Waals surface area contributed by atoms with Crippen LogP contribution in [-0.2, 0) is 21.2 Å². The van der Waals surface area contributed by atoms with Gasteiger partial charge in [0.1, 0.15) is 4.90 Å². The van der Waals surface area contributed by atoms with E-state index in [2.05, 4.69) is 23.6 Å². The zero-order chi connectivity index (χ0) is 28.1. The summed E-state index contributed by atoms with van der Waals surface area (Å²) >= 11 is 1.38. The normalized spacial score (nSPS) is 27.4. The van der Waals surface area contributed by atoms with E-state index in [1.54, 1.807) is 24.4 Å². The first-order valence-electron chi connectivity index (χ1n) is 13.8. The second kappa shape index (κ2) is 10.4. The van der Waals surface area contributed by atoms with E-state index >= 15 is 0 Å². The number of sulfonamides is 1. The van der Waals surface area contributed by atoms with Crippen LogP contribution in [0.1, 0.15) is 63.9 Å². The Kier molecular flexibility index (Phi) is 7.50. The summed E-state index contributed by atoms with van der Waals surface area (Å²) in [5, 5.41) is 12.8. The Hall–Kier alpha value is -2.56. The van der Waals surface area contributed by atoms with Gasteiger partial charge in [0, 0.05) is 41.4 Å². The van der Waals surface area contributed by atoms with Crippen molar-refractivity contribution < 1.29 is 18.3 Å². The Labute approximate surface area is 234 Å². The second-order valence-electron chi connectivity index (χ2n) is 11.4. The number of thiazole rings is 1. The number of aliphatic hydroxyl groups is 1. The van der Waals surface area contributed by atoms with Crippen LogP contribution < -0.4 is 4.72 Å². The highest BCUT2D eigenvalue weighted by Gasteiger charge is 2.54. The highest BCUT2D eigenvalue weighted by molar-refractivity contribution is 7.93. The number of benzene rings is 1. The summed E-state index contributed by atoms with van der Waals surface area (Å²) in [6.45, 7) is 11.5. The Morgan fingerprint density at radius 2 is 1.97 bits per heavy atom. The van der Waals surface area contributed by atoms with E-state index in [1.807, 2.05) is 37.8 Å².